The summed E-state index contributed by atoms with van der Waals surface area (Å²) in [7, 11) is 0. The van der Waals surface area contributed by atoms with Crippen molar-refractivity contribution in [1.82, 2.24) is 14.7 Å². The highest BCUT2D eigenvalue weighted by molar-refractivity contribution is 5.93. The molecule has 2 bridgehead atoms. The molecule has 6 aliphatic rings. The molecular weight excluding hydrogens is 378 g/mol. The van der Waals surface area contributed by atoms with Crippen molar-refractivity contribution in [2.75, 3.05) is 32.7 Å². The molecule has 6 nitrogen and oxygen atoms in total. The number of piperidine rings is 1. The number of amides is 2. The normalized spacial score (nSPS) is 40.0. The molecule has 1 saturated carbocycles. The van der Waals surface area contributed by atoms with Crippen molar-refractivity contribution in [3.8, 4) is 0 Å². The molecule has 0 N–H and O–H groups in total. The first-order chi connectivity index (χ1) is 14.7. The Labute approximate surface area is 179 Å². The number of hydrogen-bond acceptors (Lipinski definition) is 4. The third-order valence-electron chi connectivity index (χ3n) is 8.76. The summed E-state index contributed by atoms with van der Waals surface area (Å²) >= 11 is 0. The highest BCUT2D eigenvalue weighted by atomic mass is 16.5. The first kappa shape index (κ1) is 19.3. The van der Waals surface area contributed by atoms with E-state index in [9.17, 15) is 9.59 Å². The predicted molar refractivity (Wildman–Crippen MR) is 113 cm³/mol. The lowest BCUT2D eigenvalue weighted by molar-refractivity contribution is -0.149. The van der Waals surface area contributed by atoms with Crippen molar-refractivity contribution in [2.24, 2.45) is 11.8 Å². The topological polar surface area (TPSA) is 53.1 Å². The van der Waals surface area contributed by atoms with E-state index in [-0.39, 0.29) is 29.8 Å². The molecule has 6 rings (SSSR count). The molecule has 1 aliphatic carbocycles. The molecule has 0 aromatic heterocycles. The number of nitrogens with zero attached hydrogens (tertiary/aromatic N) is 3. The molecule has 5 fully saturated rings. The van der Waals surface area contributed by atoms with Gasteiger partial charge in [-0.05, 0) is 38.8 Å². The molecule has 0 aromatic rings. The van der Waals surface area contributed by atoms with Crippen molar-refractivity contribution in [1.29, 1.82) is 0 Å². The number of carbonyl (C=O) groups is 2. The lowest BCUT2D eigenvalue weighted by Crippen LogP contribution is -2.63. The minimum atomic E-state index is -0.550. The summed E-state index contributed by atoms with van der Waals surface area (Å²) in [5.41, 5.74) is -0.550. The minimum Gasteiger partial charge on any atom is -0.360 e. The van der Waals surface area contributed by atoms with Gasteiger partial charge in [0.25, 0.3) is 0 Å². The molecular formula is C24H35N3O3. The average molecular weight is 414 g/mol. The molecule has 0 aromatic carbocycles. The lowest BCUT2D eigenvalue weighted by Gasteiger charge is -2.48. The Balaban J connectivity index is 1.16. The fraction of sp³-hybridized carbons (Fsp3) is 0.833. The molecule has 4 saturated heterocycles. The number of carbonyl (C=O) groups excluding carboxylic acids is 2. The Morgan fingerprint density at radius 1 is 0.967 bits per heavy atom. The van der Waals surface area contributed by atoms with Gasteiger partial charge in [-0.2, -0.15) is 0 Å². The lowest BCUT2D eigenvalue weighted by atomic mass is 9.76. The van der Waals surface area contributed by atoms with Crippen LogP contribution in [0, 0.1) is 11.8 Å². The Bertz CT molecular complexity index is 734. The quantitative estimate of drug-likeness (QED) is 0.526. The number of rotatable bonds is 3. The fourth-order valence-corrected chi connectivity index (χ4v) is 7.05. The molecule has 5 aliphatic heterocycles. The van der Waals surface area contributed by atoms with E-state index in [0.717, 1.165) is 25.9 Å². The van der Waals surface area contributed by atoms with Gasteiger partial charge in [0.2, 0.25) is 11.8 Å². The SMILES string of the molecule is O=C([C@H]1[C@@H]2C=C[C@@]3(CN(C4CCCCCC4)C(=O)[C@H]13)O2)N1CC(N2CCCCC2)C1. The van der Waals surface area contributed by atoms with Crippen LogP contribution < -0.4 is 0 Å². The van der Waals surface area contributed by atoms with E-state index in [1.54, 1.807) is 0 Å². The van der Waals surface area contributed by atoms with Gasteiger partial charge >= 0.3 is 0 Å². The highest BCUT2D eigenvalue weighted by Crippen LogP contribution is 2.53. The van der Waals surface area contributed by atoms with E-state index in [1.165, 1.54) is 58.0 Å². The summed E-state index contributed by atoms with van der Waals surface area (Å²) in [5.74, 6) is -0.293. The van der Waals surface area contributed by atoms with Crippen LogP contribution in [0.1, 0.15) is 57.8 Å². The van der Waals surface area contributed by atoms with Crippen LogP contribution in [0.4, 0.5) is 0 Å². The van der Waals surface area contributed by atoms with Gasteiger partial charge in [0.05, 0.1) is 24.5 Å². The van der Waals surface area contributed by atoms with Gasteiger partial charge in [0.1, 0.15) is 5.60 Å². The zero-order valence-electron chi connectivity index (χ0n) is 18.0. The Hall–Kier alpha value is -1.40. The first-order valence-electron chi connectivity index (χ1n) is 12.4. The summed E-state index contributed by atoms with van der Waals surface area (Å²) in [6.07, 6.45) is 15.0. The number of likely N-dealkylation sites (tertiary alicyclic amines) is 3. The monoisotopic (exact) mass is 413 g/mol. The van der Waals surface area contributed by atoms with E-state index in [0.29, 0.717) is 18.6 Å². The number of ether oxygens (including phenoxy) is 1. The molecule has 1 spiro atoms. The highest BCUT2D eigenvalue weighted by Gasteiger charge is 2.68. The Morgan fingerprint density at radius 3 is 2.40 bits per heavy atom. The molecule has 0 radical (unpaired) electrons. The summed E-state index contributed by atoms with van der Waals surface area (Å²) in [5, 5.41) is 0. The minimum absolute atomic E-state index is 0.153. The van der Waals surface area contributed by atoms with Crippen molar-refractivity contribution in [2.45, 2.75) is 81.6 Å². The van der Waals surface area contributed by atoms with Crippen LogP contribution in [-0.2, 0) is 14.3 Å². The van der Waals surface area contributed by atoms with E-state index in [1.807, 2.05) is 4.90 Å². The predicted octanol–water partition coefficient (Wildman–Crippen LogP) is 2.19. The Kier molecular flexibility index (Phi) is 4.72. The second kappa shape index (κ2) is 7.33. The maximum absolute atomic E-state index is 13.6. The summed E-state index contributed by atoms with van der Waals surface area (Å²) in [4.78, 5) is 33.7. The molecule has 30 heavy (non-hydrogen) atoms. The average Bonchev–Trinajstić information content (AvgIpc) is 3.27. The van der Waals surface area contributed by atoms with Gasteiger partial charge in [-0.1, -0.05) is 44.3 Å². The van der Waals surface area contributed by atoms with Crippen LogP contribution in [0.3, 0.4) is 0 Å². The molecule has 2 amide bonds. The standard InChI is InChI=1S/C24H35N3O3/c28-22(26-14-18(15-26)25-12-6-3-7-13-25)20-19-10-11-24(30-19)16-27(23(29)21(20)24)17-8-4-1-2-5-9-17/h10-11,17-21H,1-9,12-16H2/t19-,20-,21-,24-/m0/s1. The zero-order valence-corrected chi connectivity index (χ0v) is 18.0. The van der Waals surface area contributed by atoms with Crippen molar-refractivity contribution in [3.05, 3.63) is 12.2 Å². The van der Waals surface area contributed by atoms with E-state index in [2.05, 4.69) is 22.0 Å². The first-order valence-corrected chi connectivity index (χ1v) is 12.4. The number of fused-ring (bicyclic) bond motifs is 1. The molecule has 4 atom stereocenters. The third kappa shape index (κ3) is 2.89. The van der Waals surface area contributed by atoms with Gasteiger partial charge < -0.3 is 14.5 Å². The van der Waals surface area contributed by atoms with Crippen LogP contribution in [-0.4, -0.2) is 83.0 Å². The maximum Gasteiger partial charge on any atom is 0.230 e. The molecule has 164 valence electrons. The van der Waals surface area contributed by atoms with Crippen molar-refractivity contribution in [3.63, 3.8) is 0 Å². The van der Waals surface area contributed by atoms with Crippen molar-refractivity contribution < 1.29 is 14.3 Å². The molecule has 0 unspecified atom stereocenters. The summed E-state index contributed by atoms with van der Waals surface area (Å²) in [6.45, 7) is 4.64. The van der Waals surface area contributed by atoms with Gasteiger partial charge in [0.15, 0.2) is 0 Å². The van der Waals surface area contributed by atoms with E-state index < -0.39 is 5.60 Å². The van der Waals surface area contributed by atoms with Crippen LogP contribution in [0.15, 0.2) is 12.2 Å². The van der Waals surface area contributed by atoms with Crippen LogP contribution >= 0.6 is 0 Å². The largest absolute Gasteiger partial charge is 0.360 e. The zero-order chi connectivity index (χ0) is 20.3. The van der Waals surface area contributed by atoms with Gasteiger partial charge in [-0.25, -0.2) is 0 Å². The molecule has 6 heteroatoms. The van der Waals surface area contributed by atoms with Crippen LogP contribution in [0.2, 0.25) is 0 Å². The second-order valence-electron chi connectivity index (χ2n) is 10.5. The maximum atomic E-state index is 13.6. The summed E-state index contributed by atoms with van der Waals surface area (Å²) in [6, 6.07) is 0.847. The summed E-state index contributed by atoms with van der Waals surface area (Å²) < 4.78 is 6.37. The van der Waals surface area contributed by atoms with Crippen molar-refractivity contribution >= 4 is 11.8 Å². The van der Waals surface area contributed by atoms with Gasteiger partial charge in [-0.15, -0.1) is 0 Å². The van der Waals surface area contributed by atoms with E-state index in [4.69, 9.17) is 4.74 Å². The Morgan fingerprint density at radius 2 is 1.67 bits per heavy atom. The third-order valence-corrected chi connectivity index (χ3v) is 8.76. The van der Waals surface area contributed by atoms with Gasteiger partial charge in [0, 0.05) is 25.2 Å². The fourth-order valence-electron chi connectivity index (χ4n) is 7.05. The number of hydrogen-bond donors (Lipinski definition) is 0. The second-order valence-corrected chi connectivity index (χ2v) is 10.5. The smallest absolute Gasteiger partial charge is 0.230 e. The van der Waals surface area contributed by atoms with Crippen LogP contribution in [0.25, 0.3) is 0 Å². The van der Waals surface area contributed by atoms with Gasteiger partial charge in [-0.3, -0.25) is 14.5 Å². The van der Waals surface area contributed by atoms with Crippen LogP contribution in [0.5, 0.6) is 0 Å². The van der Waals surface area contributed by atoms with E-state index >= 15 is 0 Å². The molecule has 5 heterocycles.